The van der Waals surface area contributed by atoms with Crippen molar-refractivity contribution in [2.75, 3.05) is 26.1 Å². The number of nitrogens with one attached hydrogen (secondary N) is 1. The maximum atomic E-state index is 14.4. The minimum Gasteiger partial charge on any atom is -0.497 e. The Balaban J connectivity index is 1.54. The van der Waals surface area contributed by atoms with Gasteiger partial charge in [-0.25, -0.2) is 18.0 Å². The molecule has 188 valence electrons. The van der Waals surface area contributed by atoms with E-state index in [1.807, 2.05) is 0 Å². The molecule has 0 saturated carbocycles. The minimum atomic E-state index is -0.787. The first-order chi connectivity index (χ1) is 17.4. The normalized spacial score (nSPS) is 14.6. The van der Waals surface area contributed by atoms with Crippen molar-refractivity contribution in [1.82, 2.24) is 4.90 Å². The van der Waals surface area contributed by atoms with Gasteiger partial charge in [-0.1, -0.05) is 29.4 Å². The van der Waals surface area contributed by atoms with Crippen LogP contribution in [0, 0.1) is 17.5 Å². The molecule has 1 unspecified atom stereocenters. The molecule has 0 saturated heterocycles. The van der Waals surface area contributed by atoms with Gasteiger partial charge in [0.2, 0.25) is 0 Å². The first-order valence-electron chi connectivity index (χ1n) is 11.1. The van der Waals surface area contributed by atoms with E-state index in [4.69, 9.17) is 14.3 Å². The van der Waals surface area contributed by atoms with Crippen LogP contribution in [0.4, 0.5) is 23.7 Å². The molecule has 0 bridgehead atoms. The maximum Gasteiger partial charge on any atom is 0.322 e. The molecule has 1 aliphatic rings. The Morgan fingerprint density at radius 3 is 2.58 bits per heavy atom. The molecular weight excluding hydrogens is 475 g/mol. The number of rotatable bonds is 8. The first kappa shape index (κ1) is 24.9. The zero-order chi connectivity index (χ0) is 25.7. The predicted molar refractivity (Wildman–Crippen MR) is 128 cm³/mol. The molecule has 0 radical (unpaired) electrons. The molecule has 1 aliphatic heterocycles. The Labute approximate surface area is 206 Å². The SMILES string of the molecule is COc1ccc(NC(=O)N(Cc2ccc(F)cc2F)CC2CC(c3ccccc3F)=NO2)c(OC)c1. The second-order valence-electron chi connectivity index (χ2n) is 8.06. The summed E-state index contributed by atoms with van der Waals surface area (Å²) in [7, 11) is 2.95. The zero-order valence-corrected chi connectivity index (χ0v) is 19.6. The van der Waals surface area contributed by atoms with Crippen molar-refractivity contribution in [3.8, 4) is 11.5 Å². The Morgan fingerprint density at radius 2 is 1.86 bits per heavy atom. The summed E-state index contributed by atoms with van der Waals surface area (Å²) in [5.74, 6) is -1.05. The van der Waals surface area contributed by atoms with E-state index in [0.717, 1.165) is 12.1 Å². The number of hydrogen-bond acceptors (Lipinski definition) is 5. The summed E-state index contributed by atoms with van der Waals surface area (Å²) in [6, 6.07) is 13.6. The molecule has 2 amide bonds. The highest BCUT2D eigenvalue weighted by Gasteiger charge is 2.29. The third-order valence-electron chi connectivity index (χ3n) is 5.66. The van der Waals surface area contributed by atoms with E-state index in [1.165, 1.54) is 31.3 Å². The van der Waals surface area contributed by atoms with Gasteiger partial charge < -0.3 is 24.5 Å². The monoisotopic (exact) mass is 499 g/mol. The van der Waals surface area contributed by atoms with E-state index in [9.17, 15) is 18.0 Å². The Bertz CT molecular complexity index is 1290. The number of halogens is 3. The lowest BCUT2D eigenvalue weighted by atomic mass is 10.0. The fourth-order valence-electron chi connectivity index (χ4n) is 3.80. The Morgan fingerprint density at radius 1 is 1.06 bits per heavy atom. The van der Waals surface area contributed by atoms with Gasteiger partial charge >= 0.3 is 6.03 Å². The third kappa shape index (κ3) is 5.70. The molecule has 36 heavy (non-hydrogen) atoms. The number of amides is 2. The summed E-state index contributed by atoms with van der Waals surface area (Å²) < 4.78 is 52.5. The van der Waals surface area contributed by atoms with Gasteiger partial charge in [-0.3, -0.25) is 0 Å². The van der Waals surface area contributed by atoms with E-state index >= 15 is 0 Å². The minimum absolute atomic E-state index is 0.00255. The van der Waals surface area contributed by atoms with Gasteiger partial charge in [0.1, 0.15) is 29.0 Å². The summed E-state index contributed by atoms with van der Waals surface area (Å²) in [6.07, 6.45) is -0.366. The zero-order valence-electron chi connectivity index (χ0n) is 19.6. The van der Waals surface area contributed by atoms with Crippen LogP contribution >= 0.6 is 0 Å². The summed E-state index contributed by atoms with van der Waals surface area (Å²) in [5, 5.41) is 6.73. The van der Waals surface area contributed by atoms with Crippen molar-refractivity contribution in [2.45, 2.75) is 19.1 Å². The number of anilines is 1. The Hall–Kier alpha value is -4.21. The van der Waals surface area contributed by atoms with Crippen LogP contribution < -0.4 is 14.8 Å². The van der Waals surface area contributed by atoms with Crippen LogP contribution in [0.15, 0.2) is 65.8 Å². The highest BCUT2D eigenvalue weighted by molar-refractivity contribution is 6.01. The summed E-state index contributed by atoms with van der Waals surface area (Å²) >= 11 is 0. The lowest BCUT2D eigenvalue weighted by Crippen LogP contribution is -2.40. The number of ether oxygens (including phenoxy) is 2. The molecule has 10 heteroatoms. The summed E-state index contributed by atoms with van der Waals surface area (Å²) in [4.78, 5) is 20.1. The van der Waals surface area contributed by atoms with E-state index in [1.54, 1.807) is 36.4 Å². The van der Waals surface area contributed by atoms with E-state index in [2.05, 4.69) is 10.5 Å². The molecule has 4 rings (SSSR count). The fourth-order valence-corrected chi connectivity index (χ4v) is 3.80. The molecule has 3 aromatic carbocycles. The second kappa shape index (κ2) is 11.0. The number of carbonyl (C=O) groups excluding carboxylic acids is 1. The molecule has 7 nitrogen and oxygen atoms in total. The number of nitrogens with zero attached hydrogens (tertiary/aromatic N) is 2. The van der Waals surface area contributed by atoms with Crippen LogP contribution in [0.1, 0.15) is 17.5 Å². The molecule has 1 N–H and O–H groups in total. The molecule has 0 aliphatic carbocycles. The fraction of sp³-hybridized carbons (Fsp3) is 0.231. The van der Waals surface area contributed by atoms with Gasteiger partial charge in [0.25, 0.3) is 0 Å². The van der Waals surface area contributed by atoms with E-state index in [0.29, 0.717) is 28.5 Å². The van der Waals surface area contributed by atoms with Gasteiger partial charge in [-0.15, -0.1) is 0 Å². The maximum absolute atomic E-state index is 14.4. The van der Waals surface area contributed by atoms with Crippen molar-refractivity contribution in [3.63, 3.8) is 0 Å². The van der Waals surface area contributed by atoms with Crippen LogP contribution in [0.5, 0.6) is 11.5 Å². The largest absolute Gasteiger partial charge is 0.497 e. The molecular formula is C26H24F3N3O4. The first-order valence-corrected chi connectivity index (χ1v) is 11.1. The van der Waals surface area contributed by atoms with E-state index in [-0.39, 0.29) is 25.1 Å². The second-order valence-corrected chi connectivity index (χ2v) is 8.06. The smallest absolute Gasteiger partial charge is 0.322 e. The van der Waals surface area contributed by atoms with Gasteiger partial charge in [-0.05, 0) is 24.3 Å². The summed E-state index contributed by atoms with van der Waals surface area (Å²) in [6.45, 7) is -0.173. The van der Waals surface area contributed by atoms with Gasteiger partial charge in [-0.2, -0.15) is 0 Å². The average Bonchev–Trinajstić information content (AvgIpc) is 3.33. The number of hydrogen-bond donors (Lipinski definition) is 1. The molecule has 3 aromatic rings. The number of carbonyl (C=O) groups is 1. The molecule has 0 spiro atoms. The standard InChI is InChI=1S/C26H24F3N3O4/c1-34-18-9-10-23(25(13-18)35-2)30-26(33)32(14-16-7-8-17(27)11-22(16)29)15-19-12-24(31-36-19)20-5-3-4-6-21(20)28/h3-11,13,19H,12,14-15H2,1-2H3,(H,30,33). The van der Waals surface area contributed by atoms with Crippen LogP contribution in [0.25, 0.3) is 0 Å². The van der Waals surface area contributed by atoms with Crippen LogP contribution in [-0.4, -0.2) is 43.5 Å². The number of oxime groups is 1. The number of methoxy groups -OCH3 is 2. The van der Waals surface area contributed by atoms with Gasteiger partial charge in [0.15, 0.2) is 6.10 Å². The quantitative estimate of drug-likeness (QED) is 0.454. The topological polar surface area (TPSA) is 72.4 Å². The highest BCUT2D eigenvalue weighted by atomic mass is 19.1. The van der Waals surface area contributed by atoms with Crippen LogP contribution in [0.2, 0.25) is 0 Å². The number of urea groups is 1. The number of benzene rings is 3. The lowest BCUT2D eigenvalue weighted by Gasteiger charge is -2.26. The average molecular weight is 499 g/mol. The van der Waals surface area contributed by atoms with Crippen molar-refractivity contribution < 1.29 is 32.3 Å². The van der Waals surface area contributed by atoms with Crippen LogP contribution in [0.3, 0.4) is 0 Å². The molecule has 1 atom stereocenters. The van der Waals surface area contributed by atoms with Gasteiger partial charge in [0.05, 0.1) is 38.7 Å². The van der Waals surface area contributed by atoms with Gasteiger partial charge in [0, 0.05) is 29.7 Å². The van der Waals surface area contributed by atoms with Crippen molar-refractivity contribution in [1.29, 1.82) is 0 Å². The van der Waals surface area contributed by atoms with Crippen molar-refractivity contribution in [2.24, 2.45) is 5.16 Å². The van der Waals surface area contributed by atoms with Crippen LogP contribution in [-0.2, 0) is 11.4 Å². The van der Waals surface area contributed by atoms with Crippen molar-refractivity contribution >= 4 is 17.4 Å². The third-order valence-corrected chi connectivity index (χ3v) is 5.66. The van der Waals surface area contributed by atoms with E-state index < -0.39 is 29.6 Å². The lowest BCUT2D eigenvalue weighted by molar-refractivity contribution is 0.0606. The molecule has 1 heterocycles. The Kier molecular flexibility index (Phi) is 7.62. The van der Waals surface area contributed by atoms with Crippen molar-refractivity contribution in [3.05, 3.63) is 89.2 Å². The predicted octanol–water partition coefficient (Wildman–Crippen LogP) is 5.35. The highest BCUT2D eigenvalue weighted by Crippen LogP contribution is 2.30. The molecule has 0 fully saturated rings. The molecule has 0 aromatic heterocycles. The summed E-state index contributed by atoms with van der Waals surface area (Å²) in [5.41, 5.74) is 1.19.